The second-order valence-corrected chi connectivity index (χ2v) is 7.68. The molecular formula is C12H18N2O2S2. The summed E-state index contributed by atoms with van der Waals surface area (Å²) in [4.78, 5) is 17.3. The number of thiazole rings is 1. The number of nitrogens with zero attached hydrogens (tertiary/aromatic N) is 2. The van der Waals surface area contributed by atoms with Crippen molar-refractivity contribution >= 4 is 34.2 Å². The fourth-order valence-corrected chi connectivity index (χ4v) is 3.87. The van der Waals surface area contributed by atoms with Crippen LogP contribution in [0.4, 0.5) is 5.13 Å². The number of carbonyl (C=O) groups is 1. The maximum Gasteiger partial charge on any atom is 0.309 e. The topological polar surface area (TPSA) is 53.4 Å². The maximum atomic E-state index is 10.6. The minimum atomic E-state index is -0.820. The third-order valence-electron chi connectivity index (χ3n) is 2.98. The van der Waals surface area contributed by atoms with Gasteiger partial charge in [-0.3, -0.25) is 4.79 Å². The van der Waals surface area contributed by atoms with Gasteiger partial charge in [0, 0.05) is 29.0 Å². The van der Waals surface area contributed by atoms with Gasteiger partial charge in [-0.15, -0.1) is 11.3 Å². The first kappa shape index (κ1) is 13.7. The van der Waals surface area contributed by atoms with Gasteiger partial charge in [0.2, 0.25) is 0 Å². The summed E-state index contributed by atoms with van der Waals surface area (Å²) in [5, 5.41) is 11.6. The summed E-state index contributed by atoms with van der Waals surface area (Å²) in [6.07, 6.45) is 1.15. The lowest BCUT2D eigenvalue weighted by Gasteiger charge is -2.22. The number of hydrogen-bond acceptors (Lipinski definition) is 5. The van der Waals surface area contributed by atoms with Crippen molar-refractivity contribution in [3.05, 3.63) is 11.1 Å². The Morgan fingerprint density at radius 1 is 1.56 bits per heavy atom. The number of hydrogen-bond donors (Lipinski definition) is 1. The van der Waals surface area contributed by atoms with E-state index in [1.165, 1.54) is 0 Å². The number of carboxylic acid groups (broad SMARTS) is 1. The lowest BCUT2D eigenvalue weighted by Crippen LogP contribution is -2.26. The van der Waals surface area contributed by atoms with Gasteiger partial charge in [0.25, 0.3) is 0 Å². The molecule has 1 saturated heterocycles. The van der Waals surface area contributed by atoms with Gasteiger partial charge in [-0.2, -0.15) is 11.8 Å². The first-order valence-electron chi connectivity index (χ1n) is 6.01. The van der Waals surface area contributed by atoms with Crippen LogP contribution in [0, 0.1) is 0 Å². The molecule has 1 N–H and O–H groups in total. The van der Waals surface area contributed by atoms with Gasteiger partial charge in [0.1, 0.15) is 0 Å². The van der Waals surface area contributed by atoms with Crippen molar-refractivity contribution in [3.8, 4) is 0 Å². The molecule has 1 aliphatic rings. The van der Waals surface area contributed by atoms with E-state index in [-0.39, 0.29) is 6.42 Å². The molecule has 1 fully saturated rings. The van der Waals surface area contributed by atoms with Gasteiger partial charge in [0.05, 0.1) is 12.1 Å². The highest BCUT2D eigenvalue weighted by Gasteiger charge is 2.24. The molecule has 0 aliphatic carbocycles. The maximum absolute atomic E-state index is 10.6. The first-order valence-corrected chi connectivity index (χ1v) is 7.88. The van der Waals surface area contributed by atoms with Gasteiger partial charge in [-0.25, -0.2) is 4.98 Å². The Bertz CT molecular complexity index is 431. The molecule has 0 spiro atoms. The van der Waals surface area contributed by atoms with Crippen LogP contribution in [-0.2, 0) is 11.2 Å². The second-order valence-electron chi connectivity index (χ2n) is 5.04. The summed E-state index contributed by atoms with van der Waals surface area (Å²) in [5.74, 6) is 0.278. The Morgan fingerprint density at radius 2 is 2.33 bits per heavy atom. The summed E-state index contributed by atoms with van der Waals surface area (Å²) >= 11 is 3.55. The predicted octanol–water partition coefficient (Wildman–Crippen LogP) is 2.49. The monoisotopic (exact) mass is 286 g/mol. The number of carboxylic acids is 1. The Balaban J connectivity index is 2.03. The Labute approximate surface area is 115 Å². The summed E-state index contributed by atoms with van der Waals surface area (Å²) in [6, 6.07) is 0. The number of anilines is 1. The molecule has 0 unspecified atom stereocenters. The van der Waals surface area contributed by atoms with Crippen molar-refractivity contribution in [3.63, 3.8) is 0 Å². The highest BCUT2D eigenvalue weighted by Crippen LogP contribution is 2.33. The zero-order valence-corrected chi connectivity index (χ0v) is 12.3. The Kier molecular flexibility index (Phi) is 4.17. The van der Waals surface area contributed by atoms with Crippen LogP contribution in [0.1, 0.15) is 26.0 Å². The molecule has 2 heterocycles. The van der Waals surface area contributed by atoms with E-state index in [1.807, 2.05) is 17.1 Å². The molecule has 2 rings (SSSR count). The predicted molar refractivity (Wildman–Crippen MR) is 76.8 cm³/mol. The highest BCUT2D eigenvalue weighted by atomic mass is 32.2. The SMILES string of the molecule is CC1(C)CCN(c2nc(CC(=O)O)cs2)CCS1. The third kappa shape index (κ3) is 3.62. The zero-order chi connectivity index (χ0) is 13.2. The Morgan fingerprint density at radius 3 is 3.06 bits per heavy atom. The fourth-order valence-electron chi connectivity index (χ4n) is 1.89. The number of rotatable bonds is 3. The molecule has 1 aromatic rings. The summed E-state index contributed by atoms with van der Waals surface area (Å²) in [5.41, 5.74) is 0.665. The van der Waals surface area contributed by atoms with Crippen molar-refractivity contribution in [2.24, 2.45) is 0 Å². The van der Waals surface area contributed by atoms with E-state index in [9.17, 15) is 4.79 Å². The third-order valence-corrected chi connectivity index (χ3v) is 5.30. The molecule has 1 aromatic heterocycles. The van der Waals surface area contributed by atoms with Crippen molar-refractivity contribution in [1.82, 2.24) is 4.98 Å². The van der Waals surface area contributed by atoms with E-state index in [1.54, 1.807) is 11.3 Å². The van der Waals surface area contributed by atoms with Crippen LogP contribution in [0.5, 0.6) is 0 Å². The average Bonchev–Trinajstić information content (AvgIpc) is 2.62. The van der Waals surface area contributed by atoms with Crippen molar-refractivity contribution in [1.29, 1.82) is 0 Å². The zero-order valence-electron chi connectivity index (χ0n) is 10.7. The van der Waals surface area contributed by atoms with Crippen molar-refractivity contribution in [2.75, 3.05) is 23.7 Å². The fraction of sp³-hybridized carbons (Fsp3) is 0.667. The average molecular weight is 286 g/mol. The molecule has 18 heavy (non-hydrogen) atoms. The van der Waals surface area contributed by atoms with E-state index in [0.29, 0.717) is 10.4 Å². The van der Waals surface area contributed by atoms with E-state index in [0.717, 1.165) is 30.4 Å². The van der Waals surface area contributed by atoms with Crippen LogP contribution in [-0.4, -0.2) is 39.6 Å². The molecule has 4 nitrogen and oxygen atoms in total. The van der Waals surface area contributed by atoms with Crippen LogP contribution in [0.15, 0.2) is 5.38 Å². The first-order chi connectivity index (χ1) is 8.46. The number of aromatic nitrogens is 1. The minimum absolute atomic E-state index is 0.0184. The molecule has 0 bridgehead atoms. The smallest absolute Gasteiger partial charge is 0.309 e. The van der Waals surface area contributed by atoms with Gasteiger partial charge in [-0.1, -0.05) is 13.8 Å². The molecule has 0 amide bonds. The molecule has 0 atom stereocenters. The van der Waals surface area contributed by atoms with Crippen molar-refractivity contribution < 1.29 is 9.90 Å². The molecule has 6 heteroatoms. The molecule has 0 aromatic carbocycles. The second kappa shape index (κ2) is 5.48. The molecular weight excluding hydrogens is 268 g/mol. The van der Waals surface area contributed by atoms with E-state index in [4.69, 9.17) is 5.11 Å². The standard InChI is InChI=1S/C12H18N2O2S2/c1-12(2)3-4-14(5-6-18-12)11-13-9(8-17-11)7-10(15)16/h8H,3-7H2,1-2H3,(H,15,16). The van der Waals surface area contributed by atoms with Crippen LogP contribution in [0.3, 0.4) is 0 Å². The van der Waals surface area contributed by atoms with Gasteiger partial charge in [0.15, 0.2) is 5.13 Å². The lowest BCUT2D eigenvalue weighted by atomic mass is 10.1. The molecule has 100 valence electrons. The number of aliphatic carboxylic acids is 1. The molecule has 1 aliphatic heterocycles. The van der Waals surface area contributed by atoms with Crippen LogP contribution >= 0.6 is 23.1 Å². The summed E-state index contributed by atoms with van der Waals surface area (Å²) < 4.78 is 0.329. The van der Waals surface area contributed by atoms with Crippen LogP contribution in [0.2, 0.25) is 0 Å². The molecule has 0 saturated carbocycles. The van der Waals surface area contributed by atoms with E-state index < -0.39 is 5.97 Å². The lowest BCUT2D eigenvalue weighted by molar-refractivity contribution is -0.136. The molecule has 0 radical (unpaired) electrons. The van der Waals surface area contributed by atoms with Crippen molar-refractivity contribution in [2.45, 2.75) is 31.4 Å². The quantitative estimate of drug-likeness (QED) is 0.925. The van der Waals surface area contributed by atoms with Gasteiger partial charge >= 0.3 is 5.97 Å². The van der Waals surface area contributed by atoms with Gasteiger partial charge < -0.3 is 10.0 Å². The van der Waals surface area contributed by atoms with Crippen LogP contribution in [0.25, 0.3) is 0 Å². The normalized spacial score (nSPS) is 19.6. The Hall–Kier alpha value is -0.750. The van der Waals surface area contributed by atoms with E-state index in [2.05, 4.69) is 23.7 Å². The highest BCUT2D eigenvalue weighted by molar-refractivity contribution is 8.00. The number of thioether (sulfide) groups is 1. The minimum Gasteiger partial charge on any atom is -0.481 e. The summed E-state index contributed by atoms with van der Waals surface area (Å²) in [7, 11) is 0. The van der Waals surface area contributed by atoms with Gasteiger partial charge in [-0.05, 0) is 6.42 Å². The largest absolute Gasteiger partial charge is 0.481 e. The van der Waals surface area contributed by atoms with Crippen LogP contribution < -0.4 is 4.90 Å². The van der Waals surface area contributed by atoms with E-state index >= 15 is 0 Å². The summed E-state index contributed by atoms with van der Waals surface area (Å²) in [6.45, 7) is 6.55.